The van der Waals surface area contributed by atoms with E-state index in [9.17, 15) is 9.59 Å². The maximum atomic E-state index is 12.3. The van der Waals surface area contributed by atoms with Gasteiger partial charge in [0.1, 0.15) is 5.38 Å². The van der Waals surface area contributed by atoms with Crippen LogP contribution >= 0.6 is 34.8 Å². The van der Waals surface area contributed by atoms with Gasteiger partial charge in [-0.3, -0.25) is 4.79 Å². The molecule has 26 heavy (non-hydrogen) atoms. The lowest BCUT2D eigenvalue weighted by molar-refractivity contribution is -0.131. The summed E-state index contributed by atoms with van der Waals surface area (Å²) in [5.41, 5.74) is 0.725. The number of carbonyl (C=O) groups is 2. The Hall–Kier alpha value is -1.61. The summed E-state index contributed by atoms with van der Waals surface area (Å²) in [5, 5.41) is 3.20. The summed E-state index contributed by atoms with van der Waals surface area (Å²) in [7, 11) is 0. The minimum atomic E-state index is -0.549. The average Bonchev–Trinajstić information content (AvgIpc) is 2.62. The van der Waals surface area contributed by atoms with Gasteiger partial charge < -0.3 is 15.1 Å². The van der Waals surface area contributed by atoms with E-state index in [4.69, 9.17) is 34.8 Å². The monoisotopic (exact) mass is 415 g/mol. The molecule has 3 amide bonds. The highest BCUT2D eigenvalue weighted by atomic mass is 35.5. The number of benzene rings is 1. The highest BCUT2D eigenvalue weighted by Gasteiger charge is 2.26. The second kappa shape index (κ2) is 9.36. The molecule has 2 unspecified atom stereocenters. The Labute approximate surface area is 168 Å². The number of alkyl halides is 1. The molecule has 8 heteroatoms. The quantitative estimate of drug-likeness (QED) is 0.594. The van der Waals surface area contributed by atoms with E-state index in [0.717, 1.165) is 5.56 Å². The fourth-order valence-corrected chi connectivity index (χ4v) is 2.90. The van der Waals surface area contributed by atoms with Crippen molar-refractivity contribution in [1.82, 2.24) is 15.1 Å². The smallest absolute Gasteiger partial charge is 0.318 e. The van der Waals surface area contributed by atoms with E-state index in [1.807, 2.05) is 0 Å². The van der Waals surface area contributed by atoms with Crippen LogP contribution in [0.25, 0.3) is 0 Å². The van der Waals surface area contributed by atoms with Crippen LogP contribution in [0.5, 0.6) is 0 Å². The average molecular weight is 417 g/mol. The molecule has 0 bridgehead atoms. The predicted octanol–water partition coefficient (Wildman–Crippen LogP) is 3.21. The van der Waals surface area contributed by atoms with E-state index in [-0.39, 0.29) is 18.0 Å². The maximum Gasteiger partial charge on any atom is 0.318 e. The second-order valence-corrected chi connectivity index (χ2v) is 7.47. The van der Waals surface area contributed by atoms with Crippen molar-refractivity contribution in [3.8, 4) is 11.8 Å². The molecule has 0 aromatic heterocycles. The molecule has 5 nitrogen and oxygen atoms in total. The van der Waals surface area contributed by atoms with Crippen molar-refractivity contribution >= 4 is 46.7 Å². The van der Waals surface area contributed by atoms with E-state index in [0.29, 0.717) is 36.2 Å². The van der Waals surface area contributed by atoms with Gasteiger partial charge in [-0.25, -0.2) is 4.79 Å². The molecule has 1 aliphatic heterocycles. The van der Waals surface area contributed by atoms with Gasteiger partial charge in [-0.15, -0.1) is 11.6 Å². The van der Waals surface area contributed by atoms with Gasteiger partial charge in [0.15, 0.2) is 0 Å². The molecule has 140 valence electrons. The summed E-state index contributed by atoms with van der Waals surface area (Å²) in [5.74, 6) is 5.82. The van der Waals surface area contributed by atoms with Crippen LogP contribution in [0.15, 0.2) is 18.2 Å². The molecular formula is C18H20Cl3N3O2. The normalized spacial score (nSPS) is 16.3. The Morgan fingerprint density at radius 3 is 2.27 bits per heavy atom. The molecule has 1 aromatic carbocycles. The van der Waals surface area contributed by atoms with Crippen molar-refractivity contribution < 1.29 is 9.59 Å². The van der Waals surface area contributed by atoms with Crippen LogP contribution < -0.4 is 5.32 Å². The zero-order valence-corrected chi connectivity index (χ0v) is 16.8. The third-order valence-corrected chi connectivity index (χ3v) is 4.84. The maximum absolute atomic E-state index is 12.3. The zero-order valence-electron chi connectivity index (χ0n) is 14.6. The highest BCUT2D eigenvalue weighted by molar-refractivity contribution is 6.42. The molecule has 1 N–H and O–H groups in total. The van der Waals surface area contributed by atoms with E-state index in [2.05, 4.69) is 17.2 Å². The van der Waals surface area contributed by atoms with Gasteiger partial charge in [0.05, 0.1) is 16.1 Å². The van der Waals surface area contributed by atoms with E-state index in [1.54, 1.807) is 41.8 Å². The number of hydrogen-bond donors (Lipinski definition) is 1. The van der Waals surface area contributed by atoms with Gasteiger partial charge in [-0.05, 0) is 32.0 Å². The first-order valence-electron chi connectivity index (χ1n) is 8.23. The van der Waals surface area contributed by atoms with Crippen molar-refractivity contribution in [2.45, 2.75) is 25.3 Å². The number of hydrogen-bond acceptors (Lipinski definition) is 2. The van der Waals surface area contributed by atoms with Crippen molar-refractivity contribution in [1.29, 1.82) is 0 Å². The summed E-state index contributed by atoms with van der Waals surface area (Å²) in [6.45, 7) is 5.34. The van der Waals surface area contributed by atoms with Crippen molar-refractivity contribution in [2.75, 3.05) is 26.2 Å². The van der Waals surface area contributed by atoms with E-state index in [1.165, 1.54) is 0 Å². The van der Waals surface area contributed by atoms with Crippen LogP contribution in [0.2, 0.25) is 10.0 Å². The Morgan fingerprint density at radius 1 is 1.08 bits per heavy atom. The van der Waals surface area contributed by atoms with Crippen molar-refractivity contribution in [3.63, 3.8) is 0 Å². The van der Waals surface area contributed by atoms with Gasteiger partial charge >= 0.3 is 6.03 Å². The first-order chi connectivity index (χ1) is 12.3. The van der Waals surface area contributed by atoms with E-state index < -0.39 is 5.38 Å². The Bertz CT molecular complexity index is 735. The molecule has 0 saturated carbocycles. The summed E-state index contributed by atoms with van der Waals surface area (Å²) in [4.78, 5) is 27.5. The molecule has 2 atom stereocenters. The number of urea groups is 1. The molecule has 0 radical (unpaired) electrons. The molecule has 1 aromatic rings. The van der Waals surface area contributed by atoms with Gasteiger partial charge in [0.2, 0.25) is 5.91 Å². The third kappa shape index (κ3) is 5.70. The highest BCUT2D eigenvalue weighted by Crippen LogP contribution is 2.22. The number of halogens is 3. The minimum absolute atomic E-state index is 0.104. The fraction of sp³-hybridized carbons (Fsp3) is 0.444. The van der Waals surface area contributed by atoms with Gasteiger partial charge in [-0.2, -0.15) is 0 Å². The molecule has 0 spiro atoms. The Kier molecular flexibility index (Phi) is 7.45. The number of nitrogens with zero attached hydrogens (tertiary/aromatic N) is 2. The van der Waals surface area contributed by atoms with Crippen LogP contribution in [0.4, 0.5) is 4.79 Å². The molecule has 1 fully saturated rings. The Morgan fingerprint density at radius 2 is 1.69 bits per heavy atom. The summed E-state index contributed by atoms with van der Waals surface area (Å²) >= 11 is 17.6. The predicted molar refractivity (Wildman–Crippen MR) is 105 cm³/mol. The van der Waals surface area contributed by atoms with Gasteiger partial charge in [-0.1, -0.05) is 35.0 Å². The number of carbonyl (C=O) groups excluding carboxylic acids is 2. The zero-order chi connectivity index (χ0) is 19.3. The second-order valence-electron chi connectivity index (χ2n) is 6.00. The molecular weight excluding hydrogens is 397 g/mol. The third-order valence-electron chi connectivity index (χ3n) is 3.91. The fourth-order valence-electron chi connectivity index (χ4n) is 2.46. The van der Waals surface area contributed by atoms with Gasteiger partial charge in [0, 0.05) is 31.7 Å². The minimum Gasteiger partial charge on any atom is -0.338 e. The lowest BCUT2D eigenvalue weighted by atomic mass is 10.2. The topological polar surface area (TPSA) is 52.7 Å². The van der Waals surface area contributed by atoms with Crippen LogP contribution in [0.3, 0.4) is 0 Å². The van der Waals surface area contributed by atoms with Crippen LogP contribution in [-0.4, -0.2) is 59.3 Å². The van der Waals surface area contributed by atoms with Crippen molar-refractivity contribution in [3.05, 3.63) is 33.8 Å². The number of amides is 3. The standard InChI is InChI=1S/C18H20Cl3N3O2/c1-12(3-4-14-5-6-15(20)16(21)11-14)22-18(26)24-9-7-23(8-10-24)17(25)13(2)19/h5-6,11-13H,7-10H2,1-2H3,(H,22,26). The van der Waals surface area contributed by atoms with Crippen LogP contribution in [-0.2, 0) is 4.79 Å². The summed E-state index contributed by atoms with van der Waals surface area (Å²) in [6, 6.07) is 4.59. The first-order valence-corrected chi connectivity index (χ1v) is 9.42. The molecule has 0 aliphatic carbocycles. The largest absolute Gasteiger partial charge is 0.338 e. The number of rotatable bonds is 2. The summed E-state index contributed by atoms with van der Waals surface area (Å²) < 4.78 is 0. The first kappa shape index (κ1) is 20.7. The number of piperazine rings is 1. The lowest BCUT2D eigenvalue weighted by Gasteiger charge is -2.35. The summed E-state index contributed by atoms with van der Waals surface area (Å²) in [6.07, 6.45) is 0. The number of nitrogens with one attached hydrogen (secondary N) is 1. The van der Waals surface area contributed by atoms with Crippen LogP contribution in [0.1, 0.15) is 19.4 Å². The Balaban J connectivity index is 1.85. The van der Waals surface area contributed by atoms with Crippen molar-refractivity contribution in [2.24, 2.45) is 0 Å². The van der Waals surface area contributed by atoms with Gasteiger partial charge in [0.25, 0.3) is 0 Å². The molecule has 1 aliphatic rings. The molecule has 2 rings (SSSR count). The SMILES string of the molecule is CC(C#Cc1ccc(Cl)c(Cl)c1)NC(=O)N1CCN(C(=O)C(C)Cl)CC1. The molecule has 1 saturated heterocycles. The molecule has 1 heterocycles. The van der Waals surface area contributed by atoms with E-state index >= 15 is 0 Å². The lowest BCUT2D eigenvalue weighted by Crippen LogP contribution is -2.55. The van der Waals surface area contributed by atoms with Crippen LogP contribution in [0, 0.1) is 11.8 Å².